The topological polar surface area (TPSA) is 25.8 Å². The third-order valence-electron chi connectivity index (χ3n) is 2.85. The van der Waals surface area contributed by atoms with Gasteiger partial charge in [0.1, 0.15) is 5.82 Å². The lowest BCUT2D eigenvalue weighted by atomic mass is 10.0. The van der Waals surface area contributed by atoms with Gasteiger partial charge in [-0.2, -0.15) is 0 Å². The molecule has 2 aromatic heterocycles. The molecule has 88 valence electrons. The number of benzene rings is 1. The summed E-state index contributed by atoms with van der Waals surface area (Å²) in [5.74, 6) is -0.243. The van der Waals surface area contributed by atoms with Gasteiger partial charge in [0.25, 0.3) is 0 Å². The Balaban J connectivity index is 2.31. The van der Waals surface area contributed by atoms with E-state index < -0.39 is 0 Å². The van der Waals surface area contributed by atoms with E-state index in [0.717, 1.165) is 27.7 Å². The van der Waals surface area contributed by atoms with Gasteiger partial charge >= 0.3 is 0 Å². The zero-order valence-electron chi connectivity index (χ0n) is 9.89. The fourth-order valence-electron chi connectivity index (χ4n) is 2.11. The van der Waals surface area contributed by atoms with E-state index in [2.05, 4.69) is 9.97 Å². The maximum Gasteiger partial charge on any atom is 0.124 e. The molecule has 3 heteroatoms. The number of aryl methyl sites for hydroxylation is 1. The van der Waals surface area contributed by atoms with Crippen LogP contribution in [0.1, 0.15) is 5.56 Å². The maximum atomic E-state index is 13.5. The summed E-state index contributed by atoms with van der Waals surface area (Å²) < 4.78 is 13.5. The number of rotatable bonds is 1. The smallest absolute Gasteiger partial charge is 0.124 e. The summed E-state index contributed by atoms with van der Waals surface area (Å²) >= 11 is 0. The van der Waals surface area contributed by atoms with Crippen LogP contribution in [-0.2, 0) is 0 Å². The Morgan fingerprint density at radius 2 is 1.89 bits per heavy atom. The zero-order valence-corrected chi connectivity index (χ0v) is 9.89. The van der Waals surface area contributed by atoms with E-state index in [-0.39, 0.29) is 5.82 Å². The van der Waals surface area contributed by atoms with Crippen molar-refractivity contribution in [2.24, 2.45) is 0 Å². The number of aromatic nitrogens is 2. The van der Waals surface area contributed by atoms with Crippen LogP contribution in [0.4, 0.5) is 4.39 Å². The number of hydrogen-bond donors (Lipinski definition) is 0. The van der Waals surface area contributed by atoms with E-state index in [0.29, 0.717) is 0 Å². The predicted molar refractivity (Wildman–Crippen MR) is 69.7 cm³/mol. The lowest BCUT2D eigenvalue weighted by molar-refractivity contribution is 0.627. The fraction of sp³-hybridized carbons (Fsp3) is 0.0667. The number of nitrogens with zero attached hydrogens (tertiary/aromatic N) is 2. The molecule has 0 aliphatic heterocycles. The van der Waals surface area contributed by atoms with Crippen molar-refractivity contribution in [1.82, 2.24) is 9.97 Å². The largest absolute Gasteiger partial charge is 0.256 e. The molecular formula is C15H11FN2. The first-order chi connectivity index (χ1) is 8.74. The molecule has 0 amide bonds. The van der Waals surface area contributed by atoms with Crippen molar-refractivity contribution in [3.63, 3.8) is 0 Å². The van der Waals surface area contributed by atoms with Crippen LogP contribution in [-0.4, -0.2) is 9.97 Å². The van der Waals surface area contributed by atoms with Crippen LogP contribution in [0.5, 0.6) is 0 Å². The minimum absolute atomic E-state index is 0.243. The van der Waals surface area contributed by atoms with Crippen molar-refractivity contribution in [2.45, 2.75) is 6.92 Å². The fourth-order valence-corrected chi connectivity index (χ4v) is 2.11. The molecule has 0 radical (unpaired) electrons. The lowest BCUT2D eigenvalue weighted by Crippen LogP contribution is -1.89. The van der Waals surface area contributed by atoms with E-state index in [4.69, 9.17) is 0 Å². The molecular weight excluding hydrogens is 227 g/mol. The first-order valence-electron chi connectivity index (χ1n) is 5.71. The molecule has 0 unspecified atom stereocenters. The van der Waals surface area contributed by atoms with Gasteiger partial charge in [-0.15, -0.1) is 0 Å². The van der Waals surface area contributed by atoms with E-state index in [1.165, 1.54) is 12.1 Å². The summed E-state index contributed by atoms with van der Waals surface area (Å²) in [6, 6.07) is 10.6. The highest BCUT2D eigenvalue weighted by atomic mass is 19.1. The highest BCUT2D eigenvalue weighted by Gasteiger charge is 2.07. The number of pyridine rings is 2. The molecule has 0 saturated heterocycles. The molecule has 0 spiro atoms. The van der Waals surface area contributed by atoms with Gasteiger partial charge < -0.3 is 0 Å². The highest BCUT2D eigenvalue weighted by Crippen LogP contribution is 2.26. The van der Waals surface area contributed by atoms with Crippen molar-refractivity contribution < 1.29 is 4.39 Å². The Morgan fingerprint density at radius 3 is 2.72 bits per heavy atom. The molecule has 2 heterocycles. The second kappa shape index (κ2) is 4.18. The summed E-state index contributed by atoms with van der Waals surface area (Å²) in [7, 11) is 0. The second-order valence-electron chi connectivity index (χ2n) is 4.25. The molecule has 3 aromatic rings. The molecule has 2 nitrogen and oxygen atoms in total. The summed E-state index contributed by atoms with van der Waals surface area (Å²) in [4.78, 5) is 8.63. The first kappa shape index (κ1) is 10.8. The van der Waals surface area contributed by atoms with Gasteiger partial charge in [-0.3, -0.25) is 9.97 Å². The molecule has 18 heavy (non-hydrogen) atoms. The van der Waals surface area contributed by atoms with Gasteiger partial charge in [-0.1, -0.05) is 0 Å². The van der Waals surface area contributed by atoms with Crippen molar-refractivity contribution in [1.29, 1.82) is 0 Å². The Hall–Kier alpha value is -2.29. The van der Waals surface area contributed by atoms with Gasteiger partial charge in [-0.25, -0.2) is 4.39 Å². The van der Waals surface area contributed by atoms with Crippen LogP contribution in [0.3, 0.4) is 0 Å². The molecule has 0 atom stereocenters. The molecule has 0 saturated carbocycles. The van der Waals surface area contributed by atoms with E-state index >= 15 is 0 Å². The molecule has 0 fully saturated rings. The van der Waals surface area contributed by atoms with E-state index in [1.807, 2.05) is 31.2 Å². The molecule has 0 bridgehead atoms. The van der Waals surface area contributed by atoms with E-state index in [9.17, 15) is 4.39 Å². The van der Waals surface area contributed by atoms with Crippen LogP contribution in [0.2, 0.25) is 0 Å². The minimum atomic E-state index is -0.243. The summed E-state index contributed by atoms with van der Waals surface area (Å²) in [5, 5.41) is 0.935. The number of hydrogen-bond acceptors (Lipinski definition) is 2. The third-order valence-corrected chi connectivity index (χ3v) is 2.85. The quantitative estimate of drug-likeness (QED) is 0.645. The van der Waals surface area contributed by atoms with Crippen LogP contribution < -0.4 is 0 Å². The average molecular weight is 238 g/mol. The maximum absolute atomic E-state index is 13.5. The molecule has 0 aliphatic rings. The number of fused-ring (bicyclic) bond motifs is 1. The lowest BCUT2D eigenvalue weighted by Gasteiger charge is -2.06. The normalized spacial score (nSPS) is 10.8. The standard InChI is InChI=1S/C15H11FN2/c1-10-7-11(9-12(16)8-10)15-13-3-2-5-17-14(13)4-6-18-15/h2-9H,1H3. The summed E-state index contributed by atoms with van der Waals surface area (Å²) in [5.41, 5.74) is 3.30. The van der Waals surface area contributed by atoms with Crippen LogP contribution in [0.15, 0.2) is 48.8 Å². The summed E-state index contributed by atoms with van der Waals surface area (Å²) in [6.45, 7) is 1.87. The monoisotopic (exact) mass is 238 g/mol. The molecule has 1 aromatic carbocycles. The SMILES string of the molecule is Cc1cc(F)cc(-c2nccc3ncccc23)c1. The van der Waals surface area contributed by atoms with Crippen LogP contribution in [0.25, 0.3) is 22.2 Å². The van der Waals surface area contributed by atoms with Crippen molar-refractivity contribution >= 4 is 10.9 Å². The van der Waals surface area contributed by atoms with Gasteiger partial charge in [0.2, 0.25) is 0 Å². The van der Waals surface area contributed by atoms with Crippen molar-refractivity contribution in [3.8, 4) is 11.3 Å². The van der Waals surface area contributed by atoms with Gasteiger partial charge in [0, 0.05) is 23.3 Å². The Labute approximate surface area is 104 Å². The van der Waals surface area contributed by atoms with Gasteiger partial charge in [0.15, 0.2) is 0 Å². The summed E-state index contributed by atoms with van der Waals surface area (Å²) in [6.07, 6.45) is 3.44. The molecule has 3 rings (SSSR count). The molecule has 0 N–H and O–H groups in total. The Bertz CT molecular complexity index is 697. The Kier molecular flexibility index (Phi) is 2.52. The third kappa shape index (κ3) is 1.84. The average Bonchev–Trinajstić information content (AvgIpc) is 2.37. The number of halogens is 1. The molecule has 0 aliphatic carbocycles. The van der Waals surface area contributed by atoms with Crippen LogP contribution >= 0.6 is 0 Å². The minimum Gasteiger partial charge on any atom is -0.256 e. The van der Waals surface area contributed by atoms with Crippen LogP contribution in [0, 0.1) is 12.7 Å². The zero-order chi connectivity index (χ0) is 12.5. The van der Waals surface area contributed by atoms with Crippen molar-refractivity contribution in [3.05, 3.63) is 60.2 Å². The highest BCUT2D eigenvalue weighted by molar-refractivity contribution is 5.92. The van der Waals surface area contributed by atoms with Gasteiger partial charge in [-0.05, 0) is 48.9 Å². The first-order valence-corrected chi connectivity index (χ1v) is 5.71. The van der Waals surface area contributed by atoms with Gasteiger partial charge in [0.05, 0.1) is 11.2 Å². The van der Waals surface area contributed by atoms with E-state index in [1.54, 1.807) is 12.4 Å². The Morgan fingerprint density at radius 1 is 1.00 bits per heavy atom. The van der Waals surface area contributed by atoms with Crippen molar-refractivity contribution in [2.75, 3.05) is 0 Å². The second-order valence-corrected chi connectivity index (χ2v) is 4.25. The predicted octanol–water partition coefficient (Wildman–Crippen LogP) is 3.74.